The van der Waals surface area contributed by atoms with Gasteiger partial charge < -0.3 is 10.1 Å². The summed E-state index contributed by atoms with van der Waals surface area (Å²) in [5, 5.41) is 3.76. The standard InChI is InChI=1S/C20H15Cl2NO2/c21-18-11-6-14(12-19(18)22)13-20(24)23-15-7-9-17(10-8-15)25-16-4-2-1-3-5-16/h1-12H,13H2,(H,23,24). The molecular weight excluding hydrogens is 357 g/mol. The lowest BCUT2D eigenvalue weighted by molar-refractivity contribution is -0.115. The van der Waals surface area contributed by atoms with Crippen LogP contribution in [0.2, 0.25) is 10.0 Å². The minimum atomic E-state index is -0.130. The normalized spacial score (nSPS) is 10.3. The molecule has 3 aromatic rings. The summed E-state index contributed by atoms with van der Waals surface area (Å²) in [5.74, 6) is 1.34. The van der Waals surface area contributed by atoms with Gasteiger partial charge in [0.25, 0.3) is 0 Å². The maximum absolute atomic E-state index is 12.1. The van der Waals surface area contributed by atoms with Crippen molar-refractivity contribution in [2.24, 2.45) is 0 Å². The fraction of sp³-hybridized carbons (Fsp3) is 0.0500. The number of carbonyl (C=O) groups is 1. The van der Waals surface area contributed by atoms with E-state index in [-0.39, 0.29) is 12.3 Å². The van der Waals surface area contributed by atoms with E-state index in [2.05, 4.69) is 5.32 Å². The molecule has 0 aliphatic rings. The Labute approximate surface area is 156 Å². The second-order valence-corrected chi connectivity index (χ2v) is 6.23. The SMILES string of the molecule is O=C(Cc1ccc(Cl)c(Cl)c1)Nc1ccc(Oc2ccccc2)cc1. The summed E-state index contributed by atoms with van der Waals surface area (Å²) in [4.78, 5) is 12.1. The molecule has 0 radical (unpaired) electrons. The van der Waals surface area contributed by atoms with Gasteiger partial charge in [-0.15, -0.1) is 0 Å². The number of benzene rings is 3. The molecule has 0 spiro atoms. The van der Waals surface area contributed by atoms with Crippen LogP contribution in [0.3, 0.4) is 0 Å². The van der Waals surface area contributed by atoms with E-state index in [0.29, 0.717) is 21.5 Å². The number of rotatable bonds is 5. The fourth-order valence-electron chi connectivity index (χ4n) is 2.27. The van der Waals surface area contributed by atoms with E-state index in [0.717, 1.165) is 11.3 Å². The first kappa shape index (κ1) is 17.3. The smallest absolute Gasteiger partial charge is 0.228 e. The molecule has 3 aromatic carbocycles. The Kier molecular flexibility index (Phi) is 5.59. The highest BCUT2D eigenvalue weighted by Gasteiger charge is 2.07. The number of amides is 1. The molecule has 25 heavy (non-hydrogen) atoms. The van der Waals surface area contributed by atoms with E-state index in [1.54, 1.807) is 30.3 Å². The molecule has 0 aliphatic heterocycles. The lowest BCUT2D eigenvalue weighted by Crippen LogP contribution is -2.14. The summed E-state index contributed by atoms with van der Waals surface area (Å²) in [6.07, 6.45) is 0.221. The van der Waals surface area contributed by atoms with E-state index in [9.17, 15) is 4.79 Å². The lowest BCUT2D eigenvalue weighted by Gasteiger charge is -2.08. The van der Waals surface area contributed by atoms with E-state index in [4.69, 9.17) is 27.9 Å². The van der Waals surface area contributed by atoms with Crippen molar-refractivity contribution >= 4 is 34.8 Å². The van der Waals surface area contributed by atoms with Gasteiger partial charge >= 0.3 is 0 Å². The molecular formula is C20H15Cl2NO2. The van der Waals surface area contributed by atoms with Gasteiger partial charge in [0.2, 0.25) is 5.91 Å². The Balaban J connectivity index is 1.59. The topological polar surface area (TPSA) is 38.3 Å². The van der Waals surface area contributed by atoms with Crippen LogP contribution in [0.15, 0.2) is 72.8 Å². The van der Waals surface area contributed by atoms with Crippen molar-refractivity contribution in [3.8, 4) is 11.5 Å². The first-order chi connectivity index (χ1) is 12.1. The molecule has 1 amide bonds. The highest BCUT2D eigenvalue weighted by molar-refractivity contribution is 6.42. The zero-order valence-electron chi connectivity index (χ0n) is 13.2. The second-order valence-electron chi connectivity index (χ2n) is 5.41. The summed E-state index contributed by atoms with van der Waals surface area (Å²) in [7, 11) is 0. The van der Waals surface area contributed by atoms with Gasteiger partial charge in [0.1, 0.15) is 11.5 Å². The quantitative estimate of drug-likeness (QED) is 0.600. The molecule has 0 bridgehead atoms. The average Bonchev–Trinajstić information content (AvgIpc) is 2.61. The van der Waals surface area contributed by atoms with Gasteiger partial charge in [-0.1, -0.05) is 47.5 Å². The molecule has 0 heterocycles. The third-order valence-corrected chi connectivity index (χ3v) is 4.20. The van der Waals surface area contributed by atoms with Crippen LogP contribution in [-0.4, -0.2) is 5.91 Å². The maximum Gasteiger partial charge on any atom is 0.228 e. The van der Waals surface area contributed by atoms with Gasteiger partial charge in [-0.3, -0.25) is 4.79 Å². The van der Waals surface area contributed by atoms with Crippen molar-refractivity contribution in [2.75, 3.05) is 5.32 Å². The molecule has 0 aromatic heterocycles. The van der Waals surface area contributed by atoms with E-state index < -0.39 is 0 Å². The van der Waals surface area contributed by atoms with Crippen molar-refractivity contribution in [1.82, 2.24) is 0 Å². The van der Waals surface area contributed by atoms with E-state index >= 15 is 0 Å². The molecule has 126 valence electrons. The van der Waals surface area contributed by atoms with Crippen LogP contribution < -0.4 is 10.1 Å². The lowest BCUT2D eigenvalue weighted by atomic mass is 10.1. The Morgan fingerprint density at radius 2 is 1.52 bits per heavy atom. The Bertz CT molecular complexity index is 865. The Morgan fingerprint density at radius 1 is 0.840 bits per heavy atom. The predicted octanol–water partition coefficient (Wildman–Crippen LogP) is 5.97. The van der Waals surface area contributed by atoms with Gasteiger partial charge in [0.05, 0.1) is 16.5 Å². The molecule has 1 N–H and O–H groups in total. The Morgan fingerprint density at radius 3 is 2.20 bits per heavy atom. The molecule has 3 rings (SSSR count). The Hall–Kier alpha value is -2.49. The summed E-state index contributed by atoms with van der Waals surface area (Å²) < 4.78 is 5.72. The third kappa shape index (κ3) is 4.99. The highest BCUT2D eigenvalue weighted by atomic mass is 35.5. The second kappa shape index (κ2) is 8.06. The monoisotopic (exact) mass is 371 g/mol. The van der Waals surface area contributed by atoms with Crippen LogP contribution in [0.25, 0.3) is 0 Å². The first-order valence-corrected chi connectivity index (χ1v) is 8.42. The summed E-state index contributed by atoms with van der Waals surface area (Å²) in [5.41, 5.74) is 1.50. The minimum Gasteiger partial charge on any atom is -0.457 e. The molecule has 0 fully saturated rings. The van der Waals surface area contributed by atoms with Gasteiger partial charge in [-0.2, -0.15) is 0 Å². The highest BCUT2D eigenvalue weighted by Crippen LogP contribution is 2.24. The van der Waals surface area contributed by atoms with Crippen LogP contribution in [0.5, 0.6) is 11.5 Å². The molecule has 5 heteroatoms. The molecule has 0 saturated heterocycles. The number of carbonyl (C=O) groups excluding carboxylic acids is 1. The van der Waals surface area contributed by atoms with E-state index in [1.807, 2.05) is 42.5 Å². The largest absolute Gasteiger partial charge is 0.457 e. The number of anilines is 1. The maximum atomic E-state index is 12.1. The number of nitrogens with one attached hydrogen (secondary N) is 1. The van der Waals surface area contributed by atoms with Gasteiger partial charge in [0, 0.05) is 5.69 Å². The fourth-order valence-corrected chi connectivity index (χ4v) is 2.59. The number of halogens is 2. The zero-order chi connectivity index (χ0) is 17.6. The summed E-state index contributed by atoms with van der Waals surface area (Å²) >= 11 is 11.8. The minimum absolute atomic E-state index is 0.130. The molecule has 0 saturated carbocycles. The van der Waals surface area contributed by atoms with Gasteiger partial charge in [-0.05, 0) is 54.1 Å². The number of hydrogen-bond donors (Lipinski definition) is 1. The van der Waals surface area contributed by atoms with Crippen LogP contribution in [0.4, 0.5) is 5.69 Å². The van der Waals surface area contributed by atoms with Crippen LogP contribution >= 0.6 is 23.2 Å². The predicted molar refractivity (Wildman–Crippen MR) is 102 cm³/mol. The number of hydrogen-bond acceptors (Lipinski definition) is 2. The van der Waals surface area contributed by atoms with Crippen LogP contribution in [0, 0.1) is 0 Å². The van der Waals surface area contributed by atoms with Crippen molar-refractivity contribution in [2.45, 2.75) is 6.42 Å². The van der Waals surface area contributed by atoms with Crippen molar-refractivity contribution in [3.63, 3.8) is 0 Å². The van der Waals surface area contributed by atoms with Gasteiger partial charge in [0.15, 0.2) is 0 Å². The summed E-state index contributed by atoms with van der Waals surface area (Å²) in [6.45, 7) is 0. The zero-order valence-corrected chi connectivity index (χ0v) is 14.7. The van der Waals surface area contributed by atoms with Crippen molar-refractivity contribution in [1.29, 1.82) is 0 Å². The molecule has 0 aliphatic carbocycles. The first-order valence-electron chi connectivity index (χ1n) is 7.67. The van der Waals surface area contributed by atoms with Crippen molar-refractivity contribution in [3.05, 3.63) is 88.4 Å². The molecule has 0 atom stereocenters. The summed E-state index contributed by atoms with van der Waals surface area (Å²) in [6, 6.07) is 21.9. The van der Waals surface area contributed by atoms with E-state index in [1.165, 1.54) is 0 Å². The molecule has 0 unspecified atom stereocenters. The number of para-hydroxylation sites is 1. The third-order valence-electron chi connectivity index (χ3n) is 3.47. The average molecular weight is 372 g/mol. The van der Waals surface area contributed by atoms with Gasteiger partial charge in [-0.25, -0.2) is 0 Å². The van der Waals surface area contributed by atoms with Crippen LogP contribution in [-0.2, 0) is 11.2 Å². The van der Waals surface area contributed by atoms with Crippen molar-refractivity contribution < 1.29 is 9.53 Å². The number of ether oxygens (including phenoxy) is 1. The van der Waals surface area contributed by atoms with Crippen LogP contribution in [0.1, 0.15) is 5.56 Å². The molecule has 3 nitrogen and oxygen atoms in total.